The first-order valence-electron chi connectivity index (χ1n) is 29.3. The second-order valence-corrected chi connectivity index (χ2v) is 22.4. The number of hydrogen-bond acceptors (Lipinski definition) is 6. The van der Waals surface area contributed by atoms with Gasteiger partial charge in [0.1, 0.15) is 46.0 Å². The van der Waals surface area contributed by atoms with Crippen molar-refractivity contribution in [3.05, 3.63) is 311 Å². The van der Waals surface area contributed by atoms with Crippen molar-refractivity contribution < 1.29 is 27.8 Å². The van der Waals surface area contributed by atoms with Crippen LogP contribution in [0, 0.1) is 0 Å². The number of fused-ring (bicyclic) bond motifs is 1. The molecule has 28 aliphatic rings. The second-order valence-electron chi connectivity index (χ2n) is 22.4. The summed E-state index contributed by atoms with van der Waals surface area (Å²) in [5.74, 6) is 6.47. The Bertz CT molecular complexity index is 3930. The Labute approximate surface area is 501 Å². The quantitative estimate of drug-likeness (QED) is 0.164. The van der Waals surface area contributed by atoms with Gasteiger partial charge in [0.2, 0.25) is 0 Å². The molecule has 40 rings (SSSR count). The van der Waals surface area contributed by atoms with Crippen molar-refractivity contribution in [3.8, 4) is 113 Å². The van der Waals surface area contributed by atoms with E-state index >= 15 is 0 Å². The van der Waals surface area contributed by atoms with Crippen molar-refractivity contribution in [2.24, 2.45) is 0 Å². The van der Waals surface area contributed by atoms with Crippen molar-refractivity contribution in [2.75, 3.05) is 28.4 Å². The highest BCUT2D eigenvalue weighted by Gasteiger charge is 2.33. The molecule has 86 heavy (non-hydrogen) atoms. The highest BCUT2D eigenvalue weighted by Crippen LogP contribution is 2.51. The van der Waals surface area contributed by atoms with Crippen LogP contribution in [-0.2, 0) is 0 Å². The van der Waals surface area contributed by atoms with Crippen molar-refractivity contribution in [2.45, 2.75) is 23.7 Å². The fraction of sp³-hybridized carbons (Fsp3) is 0.100. The van der Waals surface area contributed by atoms with Gasteiger partial charge in [-0.1, -0.05) is 218 Å². The van der Waals surface area contributed by atoms with E-state index < -0.39 is 0 Å². The lowest BCUT2D eigenvalue weighted by Crippen LogP contribution is -2.15. The molecule has 10 aromatic carbocycles. The summed E-state index contributed by atoms with van der Waals surface area (Å²) in [7, 11) is 7.01. The van der Waals surface area contributed by atoms with Gasteiger partial charge in [-0.05, 0) is 115 Å². The van der Waals surface area contributed by atoms with Gasteiger partial charge in [0, 0.05) is 68.2 Å². The molecule has 0 saturated carbocycles. The third-order valence-corrected chi connectivity index (χ3v) is 17.8. The Kier molecular flexibility index (Phi) is 13.3. The predicted octanol–water partition coefficient (Wildman–Crippen LogP) is 20.2. The van der Waals surface area contributed by atoms with Crippen LogP contribution in [0.25, 0.3) is 89.8 Å². The zero-order valence-electron chi connectivity index (χ0n) is 48.2. The van der Waals surface area contributed by atoms with Crippen molar-refractivity contribution in [3.63, 3.8) is 0 Å². The number of hydrogen-bond donors (Lipinski definition) is 0. The largest absolute Gasteiger partial charge is 0.496 e. The van der Waals surface area contributed by atoms with Crippen LogP contribution < -0.4 is 18.9 Å². The highest BCUT2D eigenvalue weighted by molar-refractivity contribution is 5.76. The van der Waals surface area contributed by atoms with Crippen molar-refractivity contribution >= 4 is 0 Å². The minimum atomic E-state index is -0.0396. The molecule has 24 bridgehead atoms. The number of ether oxygens (including phenoxy) is 4. The molecule has 26 aliphatic heterocycles. The summed E-state index contributed by atoms with van der Waals surface area (Å²) in [5, 5.41) is 0. The highest BCUT2D eigenvalue weighted by atomic mass is 16.5. The zero-order valence-corrected chi connectivity index (χ0v) is 48.2. The van der Waals surface area contributed by atoms with E-state index in [0.717, 1.165) is 135 Å². The minimum Gasteiger partial charge on any atom is -0.496 e. The first-order chi connectivity index (χ1) is 42.4. The third-order valence-electron chi connectivity index (χ3n) is 17.8. The molecule has 4 atom stereocenters. The van der Waals surface area contributed by atoms with Gasteiger partial charge < -0.3 is 27.8 Å². The zero-order chi connectivity index (χ0) is 57.8. The van der Waals surface area contributed by atoms with E-state index in [1.807, 2.05) is 24.3 Å². The molecule has 2 aliphatic carbocycles. The summed E-state index contributed by atoms with van der Waals surface area (Å²) < 4.78 is 37.5. The summed E-state index contributed by atoms with van der Waals surface area (Å²) in [6.45, 7) is 0. The Hall–Kier alpha value is -10.6. The van der Waals surface area contributed by atoms with Crippen LogP contribution in [0.1, 0.15) is 68.2 Å². The molecule has 0 spiro atoms. The Morgan fingerprint density at radius 1 is 0.198 bits per heavy atom. The average molecular weight is 1120 g/mol. The molecule has 0 amide bonds. The van der Waals surface area contributed by atoms with Crippen LogP contribution in [0.15, 0.2) is 276 Å². The molecule has 0 saturated heterocycles. The van der Waals surface area contributed by atoms with Crippen molar-refractivity contribution in [1.29, 1.82) is 0 Å². The van der Waals surface area contributed by atoms with Gasteiger partial charge >= 0.3 is 0 Å². The van der Waals surface area contributed by atoms with E-state index in [-0.39, 0.29) is 23.7 Å². The van der Waals surface area contributed by atoms with E-state index in [1.54, 1.807) is 28.4 Å². The van der Waals surface area contributed by atoms with Gasteiger partial charge in [0.05, 0.1) is 28.4 Å². The third kappa shape index (κ3) is 9.31. The van der Waals surface area contributed by atoms with Crippen LogP contribution in [-0.4, -0.2) is 28.4 Å². The summed E-state index contributed by atoms with van der Waals surface area (Å²) in [5.41, 5.74) is 22.3. The fourth-order valence-corrected chi connectivity index (χ4v) is 13.3. The molecule has 12 aromatic rings. The second kappa shape index (κ2) is 21.9. The SMILES string of the molecule is COc1ccc(OC)c2c1C1C=CC2c2ccc(cc2)-c2ccc(cc2)-c2ccc(o2)-c2ccc(cc2)-c2ccc(cc2)C2C=CC(c3ccc(cc3)-c3ccc(cc3)-c3ccc(o3)-c3ccc(cc3)-c3ccc1cc3)c1c(OC)ccc(OC)c12. The number of rotatable bonds is 4. The summed E-state index contributed by atoms with van der Waals surface area (Å²) in [6, 6.07) is 86.4. The predicted molar refractivity (Wildman–Crippen MR) is 346 cm³/mol. The molecule has 0 N–H and O–H groups in total. The molecule has 2 aromatic heterocycles. The van der Waals surface area contributed by atoms with Crippen LogP contribution in [0.5, 0.6) is 23.0 Å². The topological polar surface area (TPSA) is 63.2 Å². The number of methoxy groups -OCH3 is 4. The standard InChI is InChI=1S/C80H60O6/c1-81-73-45-46-74(82-2)78-66-38-37-65(77(73)78)57-21-5-49(6-22-57)53-13-29-61(30-14-53)69-41-42-71(85-69)63-33-17-55(18-34-63)51-9-25-59(26-10-51)67-39-40-68(80-76(84-4)48-47-75(83-3)79(67)80)60-27-11-52(12-28-60)56-19-35-64(36-20-56)72-44-43-70(86-72)62-31-15-54(16-32-62)50-7-23-58(66)24-8-50/h5-48,65-68H,1-4H3. The van der Waals surface area contributed by atoms with E-state index in [1.165, 1.54) is 22.3 Å². The van der Waals surface area contributed by atoms with Crippen LogP contribution in [0.3, 0.4) is 0 Å². The van der Waals surface area contributed by atoms with Crippen LogP contribution in [0.4, 0.5) is 0 Å². The lowest BCUT2D eigenvalue weighted by atomic mass is 9.75. The maximum absolute atomic E-state index is 6.52. The normalized spacial score (nSPS) is 16.0. The Morgan fingerprint density at radius 3 is 0.535 bits per heavy atom. The molecule has 416 valence electrons. The molecule has 0 fully saturated rings. The van der Waals surface area contributed by atoms with Gasteiger partial charge in [0.25, 0.3) is 0 Å². The monoisotopic (exact) mass is 1120 g/mol. The van der Waals surface area contributed by atoms with Gasteiger partial charge in [-0.2, -0.15) is 0 Å². The molecule has 6 heteroatoms. The molecule has 6 nitrogen and oxygen atoms in total. The smallest absolute Gasteiger partial charge is 0.134 e. The van der Waals surface area contributed by atoms with Gasteiger partial charge in [-0.15, -0.1) is 0 Å². The molecular weight excluding hydrogens is 1060 g/mol. The maximum atomic E-state index is 6.52. The first-order valence-corrected chi connectivity index (χ1v) is 29.3. The molecule has 4 unspecified atom stereocenters. The van der Waals surface area contributed by atoms with E-state index in [9.17, 15) is 0 Å². The number of furan rings is 2. The van der Waals surface area contributed by atoms with E-state index in [4.69, 9.17) is 27.8 Å². The lowest BCUT2D eigenvalue weighted by Gasteiger charge is -2.31. The summed E-state index contributed by atoms with van der Waals surface area (Å²) >= 11 is 0. The lowest BCUT2D eigenvalue weighted by molar-refractivity contribution is 0.392. The van der Waals surface area contributed by atoms with E-state index in [2.05, 4.69) is 243 Å². The minimum absolute atomic E-state index is 0.0396. The fourth-order valence-electron chi connectivity index (χ4n) is 13.3. The van der Waals surface area contributed by atoms with Gasteiger partial charge in [-0.3, -0.25) is 0 Å². The van der Waals surface area contributed by atoms with Gasteiger partial charge in [-0.25, -0.2) is 0 Å². The molecular formula is C80H60O6. The van der Waals surface area contributed by atoms with E-state index in [0.29, 0.717) is 0 Å². The van der Waals surface area contributed by atoms with Crippen LogP contribution >= 0.6 is 0 Å². The molecule has 0 radical (unpaired) electrons. The maximum Gasteiger partial charge on any atom is 0.134 e. The number of benzene rings is 10. The van der Waals surface area contributed by atoms with Crippen molar-refractivity contribution in [1.82, 2.24) is 0 Å². The number of allylic oxidation sites excluding steroid dienone is 4. The average Bonchev–Trinajstić information content (AvgIpc) is 2.44. The first kappa shape index (κ1) is 52.3. The Balaban J connectivity index is 0.767. The van der Waals surface area contributed by atoms with Gasteiger partial charge in [0.15, 0.2) is 0 Å². The Morgan fingerprint density at radius 2 is 0.360 bits per heavy atom. The summed E-state index contributed by atoms with van der Waals surface area (Å²) in [6.07, 6.45) is 9.29. The van der Waals surface area contributed by atoms with Crippen LogP contribution in [0.2, 0.25) is 0 Å². The molecule has 28 heterocycles. The summed E-state index contributed by atoms with van der Waals surface area (Å²) in [4.78, 5) is 0.